The summed E-state index contributed by atoms with van der Waals surface area (Å²) in [5, 5.41) is 4.96. The van der Waals surface area contributed by atoms with E-state index in [4.69, 9.17) is 5.84 Å². The molecule has 1 saturated heterocycles. The van der Waals surface area contributed by atoms with Crippen LogP contribution in [0.5, 0.6) is 0 Å². The average Bonchev–Trinajstić information content (AvgIpc) is 2.84. The van der Waals surface area contributed by atoms with Crippen molar-refractivity contribution in [3.05, 3.63) is 18.0 Å². The maximum absolute atomic E-state index is 5.70. The SMILES string of the molecule is CCn1cc(CC(NN)C2CCCCS2)cn1. The van der Waals surface area contributed by atoms with Crippen molar-refractivity contribution in [2.24, 2.45) is 5.84 Å². The first-order chi connectivity index (χ1) is 8.33. The van der Waals surface area contributed by atoms with Crippen LogP contribution in [0.15, 0.2) is 12.4 Å². The van der Waals surface area contributed by atoms with Gasteiger partial charge < -0.3 is 0 Å². The molecule has 2 atom stereocenters. The van der Waals surface area contributed by atoms with Crippen LogP contribution in [0.4, 0.5) is 0 Å². The van der Waals surface area contributed by atoms with Crippen molar-refractivity contribution in [2.75, 3.05) is 5.75 Å². The summed E-state index contributed by atoms with van der Waals surface area (Å²) < 4.78 is 1.97. The van der Waals surface area contributed by atoms with Crippen molar-refractivity contribution in [1.29, 1.82) is 0 Å². The lowest BCUT2D eigenvalue weighted by Crippen LogP contribution is -2.44. The molecule has 0 amide bonds. The summed E-state index contributed by atoms with van der Waals surface area (Å²) in [5.74, 6) is 6.98. The Morgan fingerprint density at radius 1 is 1.65 bits per heavy atom. The molecule has 0 aliphatic carbocycles. The Morgan fingerprint density at radius 3 is 3.12 bits per heavy atom. The maximum Gasteiger partial charge on any atom is 0.0522 e. The third-order valence-electron chi connectivity index (χ3n) is 3.34. The highest BCUT2D eigenvalue weighted by atomic mass is 32.2. The van der Waals surface area contributed by atoms with Crippen molar-refractivity contribution in [2.45, 2.75) is 50.4 Å². The van der Waals surface area contributed by atoms with Gasteiger partial charge in [-0.2, -0.15) is 16.9 Å². The summed E-state index contributed by atoms with van der Waals surface area (Å²) in [6, 6.07) is 0.370. The van der Waals surface area contributed by atoms with Crippen molar-refractivity contribution >= 4 is 11.8 Å². The van der Waals surface area contributed by atoms with E-state index < -0.39 is 0 Å². The van der Waals surface area contributed by atoms with Crippen LogP contribution < -0.4 is 11.3 Å². The number of aromatic nitrogens is 2. The summed E-state index contributed by atoms with van der Waals surface area (Å²) in [6.07, 6.45) is 9.03. The van der Waals surface area contributed by atoms with E-state index in [0.29, 0.717) is 11.3 Å². The topological polar surface area (TPSA) is 55.9 Å². The molecular weight excluding hydrogens is 232 g/mol. The van der Waals surface area contributed by atoms with E-state index in [2.05, 4.69) is 35.4 Å². The summed E-state index contributed by atoms with van der Waals surface area (Å²) in [7, 11) is 0. The number of nitrogens with zero attached hydrogens (tertiary/aromatic N) is 2. The molecule has 0 spiro atoms. The Balaban J connectivity index is 1.93. The minimum atomic E-state index is 0.370. The normalized spacial score (nSPS) is 22.6. The standard InChI is InChI=1S/C12H22N4S/c1-2-16-9-10(8-14-16)7-11(15-13)12-5-3-4-6-17-12/h8-9,11-12,15H,2-7,13H2,1H3. The highest BCUT2D eigenvalue weighted by Gasteiger charge is 2.23. The Morgan fingerprint density at radius 2 is 2.53 bits per heavy atom. The molecule has 1 fully saturated rings. The van der Waals surface area contributed by atoms with Gasteiger partial charge in [-0.1, -0.05) is 6.42 Å². The van der Waals surface area contributed by atoms with E-state index in [1.807, 2.05) is 10.9 Å². The van der Waals surface area contributed by atoms with Gasteiger partial charge in [-0.3, -0.25) is 16.0 Å². The molecule has 1 aliphatic heterocycles. The van der Waals surface area contributed by atoms with Gasteiger partial charge in [-0.05, 0) is 37.5 Å². The third kappa shape index (κ3) is 3.47. The molecule has 4 nitrogen and oxygen atoms in total. The molecule has 1 aliphatic rings. The molecule has 0 saturated carbocycles. The van der Waals surface area contributed by atoms with E-state index in [1.165, 1.54) is 30.6 Å². The van der Waals surface area contributed by atoms with Crippen LogP contribution in [0, 0.1) is 0 Å². The summed E-state index contributed by atoms with van der Waals surface area (Å²) in [4.78, 5) is 0. The fourth-order valence-corrected chi connectivity index (χ4v) is 3.73. The molecule has 2 heterocycles. The lowest BCUT2D eigenvalue weighted by atomic mass is 10.0. The number of aryl methyl sites for hydroxylation is 1. The average molecular weight is 254 g/mol. The number of hydrogen-bond acceptors (Lipinski definition) is 4. The van der Waals surface area contributed by atoms with Crippen molar-refractivity contribution in [3.63, 3.8) is 0 Å². The molecule has 0 radical (unpaired) electrons. The maximum atomic E-state index is 5.70. The molecule has 3 N–H and O–H groups in total. The summed E-state index contributed by atoms with van der Waals surface area (Å²) >= 11 is 2.06. The number of hydrazine groups is 1. The largest absolute Gasteiger partial charge is 0.273 e. The smallest absolute Gasteiger partial charge is 0.0522 e. The Hall–Kier alpha value is -0.520. The van der Waals surface area contributed by atoms with Crippen molar-refractivity contribution in [3.8, 4) is 0 Å². The van der Waals surface area contributed by atoms with Crippen LogP contribution in [-0.2, 0) is 13.0 Å². The molecule has 0 aromatic carbocycles. The highest BCUT2D eigenvalue weighted by Crippen LogP contribution is 2.28. The van der Waals surface area contributed by atoms with Gasteiger partial charge in [0.2, 0.25) is 0 Å². The predicted molar refractivity (Wildman–Crippen MR) is 72.8 cm³/mol. The molecule has 2 rings (SSSR count). The van der Waals surface area contributed by atoms with E-state index >= 15 is 0 Å². The van der Waals surface area contributed by atoms with Gasteiger partial charge in [0.25, 0.3) is 0 Å². The Bertz CT molecular complexity index is 333. The second-order valence-electron chi connectivity index (χ2n) is 4.59. The van der Waals surface area contributed by atoms with E-state index in [1.54, 1.807) is 0 Å². The molecule has 2 unspecified atom stereocenters. The van der Waals surface area contributed by atoms with Crippen LogP contribution in [-0.4, -0.2) is 26.8 Å². The van der Waals surface area contributed by atoms with Crippen LogP contribution in [0.1, 0.15) is 31.7 Å². The van der Waals surface area contributed by atoms with E-state index in [0.717, 1.165) is 13.0 Å². The van der Waals surface area contributed by atoms with Crippen molar-refractivity contribution < 1.29 is 0 Å². The number of thioether (sulfide) groups is 1. The van der Waals surface area contributed by atoms with Crippen LogP contribution in [0.3, 0.4) is 0 Å². The van der Waals surface area contributed by atoms with Crippen LogP contribution in [0.2, 0.25) is 0 Å². The zero-order valence-corrected chi connectivity index (χ0v) is 11.2. The second-order valence-corrected chi connectivity index (χ2v) is 5.93. The first-order valence-electron chi connectivity index (χ1n) is 6.42. The summed E-state index contributed by atoms with van der Waals surface area (Å²) in [6.45, 7) is 3.03. The molecule has 96 valence electrons. The molecule has 1 aromatic heterocycles. The van der Waals surface area contributed by atoms with Gasteiger partial charge in [-0.25, -0.2) is 0 Å². The number of hydrogen-bond donors (Lipinski definition) is 2. The fraction of sp³-hybridized carbons (Fsp3) is 0.750. The lowest BCUT2D eigenvalue weighted by Gasteiger charge is -2.29. The van der Waals surface area contributed by atoms with Gasteiger partial charge in [0.1, 0.15) is 0 Å². The zero-order valence-electron chi connectivity index (χ0n) is 10.4. The molecular formula is C12H22N4S. The zero-order chi connectivity index (χ0) is 12.1. The monoisotopic (exact) mass is 254 g/mol. The minimum absolute atomic E-state index is 0.370. The fourth-order valence-electron chi connectivity index (χ4n) is 2.32. The first kappa shape index (κ1) is 12.9. The quantitative estimate of drug-likeness (QED) is 0.618. The molecule has 0 bridgehead atoms. The van der Waals surface area contributed by atoms with Gasteiger partial charge >= 0.3 is 0 Å². The summed E-state index contributed by atoms with van der Waals surface area (Å²) in [5.41, 5.74) is 4.27. The molecule has 1 aromatic rings. The predicted octanol–water partition coefficient (Wildman–Crippen LogP) is 1.56. The Labute approximate surface area is 107 Å². The van der Waals surface area contributed by atoms with E-state index in [-0.39, 0.29) is 0 Å². The van der Waals surface area contributed by atoms with E-state index in [9.17, 15) is 0 Å². The van der Waals surface area contributed by atoms with Crippen LogP contribution in [0.25, 0.3) is 0 Å². The van der Waals surface area contributed by atoms with Gasteiger partial charge in [0.15, 0.2) is 0 Å². The van der Waals surface area contributed by atoms with Crippen LogP contribution >= 0.6 is 11.8 Å². The first-order valence-corrected chi connectivity index (χ1v) is 7.47. The van der Waals surface area contributed by atoms with Crippen molar-refractivity contribution in [1.82, 2.24) is 15.2 Å². The van der Waals surface area contributed by atoms with Gasteiger partial charge in [-0.15, -0.1) is 0 Å². The highest BCUT2D eigenvalue weighted by molar-refractivity contribution is 8.00. The second kappa shape index (κ2) is 6.42. The lowest BCUT2D eigenvalue weighted by molar-refractivity contribution is 0.472. The number of nitrogens with one attached hydrogen (secondary N) is 1. The van der Waals surface area contributed by atoms with Gasteiger partial charge in [0.05, 0.1) is 6.20 Å². The third-order valence-corrected chi connectivity index (χ3v) is 4.86. The molecule has 5 heteroatoms. The number of nitrogens with two attached hydrogens (primary N) is 1. The van der Waals surface area contributed by atoms with Gasteiger partial charge in [0, 0.05) is 24.0 Å². The minimum Gasteiger partial charge on any atom is -0.273 e. The molecule has 17 heavy (non-hydrogen) atoms. The Kier molecular flexibility index (Phi) is 4.88. The number of rotatable bonds is 5.